The Bertz CT molecular complexity index is 728. The van der Waals surface area contributed by atoms with Gasteiger partial charge in [-0.05, 0) is 26.5 Å². The van der Waals surface area contributed by atoms with Gasteiger partial charge < -0.3 is 25.3 Å². The van der Waals surface area contributed by atoms with Crippen LogP contribution in [0.2, 0.25) is 0 Å². The third-order valence-corrected chi connectivity index (χ3v) is 5.76. The zero-order valence-corrected chi connectivity index (χ0v) is 18.9. The first-order chi connectivity index (χ1) is 14.5. The lowest BCUT2D eigenvalue weighted by Gasteiger charge is -2.34. The fourth-order valence-corrected chi connectivity index (χ4v) is 3.98. The van der Waals surface area contributed by atoms with Gasteiger partial charge in [-0.25, -0.2) is 9.98 Å². The van der Waals surface area contributed by atoms with E-state index >= 15 is 0 Å². The van der Waals surface area contributed by atoms with Crippen molar-refractivity contribution in [2.24, 2.45) is 10.9 Å². The summed E-state index contributed by atoms with van der Waals surface area (Å²) >= 11 is 0. The van der Waals surface area contributed by atoms with Crippen LogP contribution in [0, 0.1) is 5.92 Å². The Balaban J connectivity index is 1.64. The van der Waals surface area contributed by atoms with E-state index < -0.39 is 0 Å². The lowest BCUT2D eigenvalue weighted by molar-refractivity contribution is -0.133. The van der Waals surface area contributed by atoms with E-state index in [-0.39, 0.29) is 17.9 Å². The molecule has 0 aromatic carbocycles. The number of guanidine groups is 1. The number of amides is 1. The van der Waals surface area contributed by atoms with E-state index in [0.717, 1.165) is 69.6 Å². The second kappa shape index (κ2) is 10.6. The van der Waals surface area contributed by atoms with Crippen molar-refractivity contribution in [3.05, 3.63) is 23.9 Å². The third kappa shape index (κ3) is 5.84. The smallest absolute Gasteiger partial charge is 0.225 e. The molecule has 166 valence electrons. The van der Waals surface area contributed by atoms with E-state index in [2.05, 4.69) is 45.5 Å². The van der Waals surface area contributed by atoms with Crippen LogP contribution in [-0.4, -0.2) is 85.6 Å². The predicted molar refractivity (Wildman–Crippen MR) is 122 cm³/mol. The topological polar surface area (TPSA) is 76.1 Å². The number of hydrogen-bond donors (Lipinski definition) is 2. The van der Waals surface area contributed by atoms with Crippen LogP contribution in [0.15, 0.2) is 23.3 Å². The van der Waals surface area contributed by atoms with Gasteiger partial charge in [0.05, 0.1) is 6.54 Å². The highest BCUT2D eigenvalue weighted by molar-refractivity contribution is 5.81. The summed E-state index contributed by atoms with van der Waals surface area (Å²) < 4.78 is 0. The van der Waals surface area contributed by atoms with Crippen molar-refractivity contribution < 1.29 is 4.79 Å². The lowest BCUT2D eigenvalue weighted by Crippen LogP contribution is -2.45. The van der Waals surface area contributed by atoms with Gasteiger partial charge >= 0.3 is 0 Å². The Morgan fingerprint density at radius 1 is 1.27 bits per heavy atom. The average molecular weight is 416 g/mol. The molecule has 1 amide bonds. The van der Waals surface area contributed by atoms with Crippen LogP contribution in [0.1, 0.15) is 32.8 Å². The number of piperazine rings is 1. The summed E-state index contributed by atoms with van der Waals surface area (Å²) in [4.78, 5) is 28.4. The molecule has 2 N–H and O–H groups in total. The molecule has 0 spiro atoms. The molecule has 1 unspecified atom stereocenters. The summed E-state index contributed by atoms with van der Waals surface area (Å²) in [6.45, 7) is 13.0. The van der Waals surface area contributed by atoms with E-state index in [4.69, 9.17) is 4.99 Å². The predicted octanol–water partition coefficient (Wildman–Crippen LogP) is 1.15. The molecular weight excluding hydrogens is 378 g/mol. The number of hydrogen-bond acceptors (Lipinski definition) is 5. The molecule has 0 aliphatic carbocycles. The van der Waals surface area contributed by atoms with E-state index in [0.29, 0.717) is 6.54 Å². The summed E-state index contributed by atoms with van der Waals surface area (Å²) in [5.41, 5.74) is 1.14. The summed E-state index contributed by atoms with van der Waals surface area (Å²) in [5, 5.41) is 6.87. The second-order valence-electron chi connectivity index (χ2n) is 8.54. The number of aromatic nitrogens is 1. The number of carbonyl (C=O) groups excluding carboxylic acids is 1. The maximum atomic E-state index is 12.3. The molecule has 0 saturated carbocycles. The van der Waals surface area contributed by atoms with Crippen molar-refractivity contribution in [1.82, 2.24) is 25.4 Å². The van der Waals surface area contributed by atoms with Gasteiger partial charge in [0.15, 0.2) is 5.96 Å². The minimum absolute atomic E-state index is 0.0456. The van der Waals surface area contributed by atoms with Crippen LogP contribution in [0.3, 0.4) is 0 Å². The zero-order chi connectivity index (χ0) is 21.5. The fourth-order valence-electron chi connectivity index (χ4n) is 3.98. The molecule has 2 aliphatic heterocycles. The first-order valence-corrected chi connectivity index (χ1v) is 11.2. The Kier molecular flexibility index (Phi) is 7.90. The molecule has 8 nitrogen and oxygen atoms in total. The molecule has 8 heteroatoms. The van der Waals surface area contributed by atoms with Crippen molar-refractivity contribution in [3.63, 3.8) is 0 Å². The van der Waals surface area contributed by atoms with E-state index in [1.807, 2.05) is 31.0 Å². The molecule has 0 radical (unpaired) electrons. The average Bonchev–Trinajstić information content (AvgIpc) is 3.21. The number of aliphatic imine (C=N–C) groups is 1. The van der Waals surface area contributed by atoms with Gasteiger partial charge in [0.25, 0.3) is 0 Å². The molecule has 1 aromatic heterocycles. The van der Waals surface area contributed by atoms with Gasteiger partial charge in [-0.3, -0.25) is 4.79 Å². The lowest BCUT2D eigenvalue weighted by atomic mass is 10.2. The zero-order valence-electron chi connectivity index (χ0n) is 18.9. The normalized spacial score (nSPS) is 20.7. The van der Waals surface area contributed by atoms with Gasteiger partial charge in [-0.1, -0.05) is 19.9 Å². The van der Waals surface area contributed by atoms with Gasteiger partial charge in [-0.15, -0.1) is 0 Å². The SMILES string of the molecule is CCNC(=NCc1cccnc1N1CCN(C)CC1)NC1CCN(C(=O)C(C)C)C1. The van der Waals surface area contributed by atoms with Crippen molar-refractivity contribution in [2.75, 3.05) is 57.8 Å². The van der Waals surface area contributed by atoms with E-state index in [1.165, 1.54) is 0 Å². The maximum Gasteiger partial charge on any atom is 0.225 e. The highest BCUT2D eigenvalue weighted by atomic mass is 16.2. The maximum absolute atomic E-state index is 12.3. The molecular formula is C22H37N7O. The van der Waals surface area contributed by atoms with E-state index in [9.17, 15) is 4.79 Å². The summed E-state index contributed by atoms with van der Waals surface area (Å²) in [6.07, 6.45) is 2.81. The minimum Gasteiger partial charge on any atom is -0.357 e. The van der Waals surface area contributed by atoms with Crippen LogP contribution in [0.4, 0.5) is 5.82 Å². The molecule has 3 rings (SSSR count). The summed E-state index contributed by atoms with van der Waals surface area (Å²) in [5.74, 6) is 2.12. The molecule has 2 saturated heterocycles. The quantitative estimate of drug-likeness (QED) is 0.536. The molecule has 30 heavy (non-hydrogen) atoms. The van der Waals surface area contributed by atoms with Crippen molar-refractivity contribution in [2.45, 2.75) is 39.8 Å². The molecule has 2 fully saturated rings. The minimum atomic E-state index is 0.0456. The molecule has 3 heterocycles. The van der Waals surface area contributed by atoms with Crippen LogP contribution in [-0.2, 0) is 11.3 Å². The van der Waals surface area contributed by atoms with Gasteiger partial charge in [-0.2, -0.15) is 0 Å². The Morgan fingerprint density at radius 2 is 2.03 bits per heavy atom. The highest BCUT2D eigenvalue weighted by Crippen LogP contribution is 2.19. The number of rotatable bonds is 6. The van der Waals surface area contributed by atoms with Gasteiger partial charge in [0, 0.05) is 69.5 Å². The first-order valence-electron chi connectivity index (χ1n) is 11.2. The number of carbonyl (C=O) groups is 1. The standard InChI is InChI=1S/C22H37N7O/c1-5-23-22(26-19-8-10-29(16-19)21(30)17(2)3)25-15-18-7-6-9-24-20(18)28-13-11-27(4)12-14-28/h6-7,9,17,19H,5,8,10-16H2,1-4H3,(H2,23,25,26). The number of anilines is 1. The van der Waals surface area contributed by atoms with Crippen LogP contribution in [0.5, 0.6) is 0 Å². The number of pyridine rings is 1. The number of nitrogens with zero attached hydrogens (tertiary/aromatic N) is 5. The monoisotopic (exact) mass is 415 g/mol. The van der Waals surface area contributed by atoms with E-state index in [1.54, 1.807) is 0 Å². The van der Waals surface area contributed by atoms with Crippen LogP contribution in [0.25, 0.3) is 0 Å². The van der Waals surface area contributed by atoms with Crippen molar-refractivity contribution >= 4 is 17.7 Å². The van der Waals surface area contributed by atoms with Crippen molar-refractivity contribution in [3.8, 4) is 0 Å². The summed E-state index contributed by atoms with van der Waals surface area (Å²) in [7, 11) is 2.16. The Morgan fingerprint density at radius 3 is 2.73 bits per heavy atom. The number of likely N-dealkylation sites (tertiary alicyclic amines) is 1. The second-order valence-corrected chi connectivity index (χ2v) is 8.54. The fraction of sp³-hybridized carbons (Fsp3) is 0.682. The van der Waals surface area contributed by atoms with Crippen LogP contribution < -0.4 is 15.5 Å². The van der Waals surface area contributed by atoms with Gasteiger partial charge in [0.1, 0.15) is 5.82 Å². The largest absolute Gasteiger partial charge is 0.357 e. The van der Waals surface area contributed by atoms with Crippen LogP contribution >= 0.6 is 0 Å². The number of nitrogens with one attached hydrogen (secondary N) is 2. The third-order valence-electron chi connectivity index (χ3n) is 5.76. The highest BCUT2D eigenvalue weighted by Gasteiger charge is 2.28. The summed E-state index contributed by atoms with van der Waals surface area (Å²) in [6, 6.07) is 4.33. The number of likely N-dealkylation sites (N-methyl/N-ethyl adjacent to an activating group) is 1. The molecule has 0 bridgehead atoms. The van der Waals surface area contributed by atoms with Crippen molar-refractivity contribution in [1.29, 1.82) is 0 Å². The Labute approximate surface area is 180 Å². The molecule has 1 aromatic rings. The molecule has 1 atom stereocenters. The molecule has 2 aliphatic rings. The van der Waals surface area contributed by atoms with Gasteiger partial charge in [0.2, 0.25) is 5.91 Å². The first kappa shape index (κ1) is 22.3. The Hall–Kier alpha value is -2.35.